The smallest absolute Gasteiger partial charge is 0.274 e. The van der Waals surface area contributed by atoms with Gasteiger partial charge in [0.25, 0.3) is 5.91 Å². The van der Waals surface area contributed by atoms with E-state index in [2.05, 4.69) is 15.3 Å². The molecule has 148 valence electrons. The minimum Gasteiger partial charge on any atom is -0.366 e. The lowest BCUT2D eigenvalue weighted by molar-refractivity contribution is 0.102. The maximum Gasteiger partial charge on any atom is 0.274 e. The van der Waals surface area contributed by atoms with Gasteiger partial charge in [0, 0.05) is 38.1 Å². The van der Waals surface area contributed by atoms with Gasteiger partial charge in [-0.1, -0.05) is 12.1 Å². The van der Waals surface area contributed by atoms with E-state index in [-0.39, 0.29) is 17.3 Å². The average Bonchev–Trinajstić information content (AvgIpc) is 2.76. The SMILES string of the molecule is O=C(Nc1ccc(F)cc1)c1ccnc(N2CCN(c3ccccc3F)CC2)n1. The Morgan fingerprint density at radius 2 is 1.59 bits per heavy atom. The van der Waals surface area contributed by atoms with Gasteiger partial charge in [0.05, 0.1) is 5.69 Å². The highest BCUT2D eigenvalue weighted by Crippen LogP contribution is 2.21. The number of piperazine rings is 1. The fourth-order valence-corrected chi connectivity index (χ4v) is 3.21. The van der Waals surface area contributed by atoms with E-state index < -0.39 is 5.91 Å². The zero-order valence-corrected chi connectivity index (χ0v) is 15.6. The van der Waals surface area contributed by atoms with E-state index in [0.717, 1.165) is 0 Å². The highest BCUT2D eigenvalue weighted by atomic mass is 19.1. The molecule has 1 N–H and O–H groups in total. The lowest BCUT2D eigenvalue weighted by Crippen LogP contribution is -2.47. The maximum atomic E-state index is 14.0. The fourth-order valence-electron chi connectivity index (χ4n) is 3.21. The molecule has 0 unspecified atom stereocenters. The van der Waals surface area contributed by atoms with Gasteiger partial charge in [-0.25, -0.2) is 18.7 Å². The average molecular weight is 395 g/mol. The summed E-state index contributed by atoms with van der Waals surface area (Å²) in [5.74, 6) is -0.561. The van der Waals surface area contributed by atoms with Crippen LogP contribution in [0.1, 0.15) is 10.5 Å². The number of nitrogens with zero attached hydrogens (tertiary/aromatic N) is 4. The van der Waals surface area contributed by atoms with E-state index in [1.54, 1.807) is 12.1 Å². The Hall–Kier alpha value is -3.55. The second-order valence-electron chi connectivity index (χ2n) is 6.63. The normalized spacial score (nSPS) is 14.0. The van der Waals surface area contributed by atoms with Crippen molar-refractivity contribution in [3.05, 3.63) is 78.1 Å². The Bertz CT molecular complexity index is 1000. The van der Waals surface area contributed by atoms with Gasteiger partial charge in [-0.2, -0.15) is 0 Å². The number of carbonyl (C=O) groups is 1. The molecular formula is C21H19F2N5O. The van der Waals surface area contributed by atoms with Crippen molar-refractivity contribution in [1.29, 1.82) is 0 Å². The molecule has 1 amide bonds. The molecule has 6 nitrogen and oxygen atoms in total. The molecule has 8 heteroatoms. The van der Waals surface area contributed by atoms with Crippen molar-refractivity contribution in [3.63, 3.8) is 0 Å². The van der Waals surface area contributed by atoms with Crippen LogP contribution >= 0.6 is 0 Å². The van der Waals surface area contributed by atoms with Crippen LogP contribution in [0.3, 0.4) is 0 Å². The van der Waals surface area contributed by atoms with Crippen LogP contribution < -0.4 is 15.1 Å². The molecule has 0 atom stereocenters. The number of rotatable bonds is 4. The molecule has 1 aliphatic rings. The van der Waals surface area contributed by atoms with Crippen molar-refractivity contribution in [3.8, 4) is 0 Å². The fraction of sp³-hybridized carbons (Fsp3) is 0.190. The van der Waals surface area contributed by atoms with E-state index in [1.165, 1.54) is 42.6 Å². The quantitative estimate of drug-likeness (QED) is 0.734. The first kappa shape index (κ1) is 18.8. The van der Waals surface area contributed by atoms with E-state index in [0.29, 0.717) is 43.5 Å². The molecule has 0 spiro atoms. The van der Waals surface area contributed by atoms with Crippen molar-refractivity contribution < 1.29 is 13.6 Å². The summed E-state index contributed by atoms with van der Waals surface area (Å²) >= 11 is 0. The minimum atomic E-state index is -0.398. The molecular weight excluding hydrogens is 376 g/mol. The number of benzene rings is 2. The predicted molar refractivity (Wildman–Crippen MR) is 107 cm³/mol. The third-order valence-corrected chi connectivity index (χ3v) is 4.73. The van der Waals surface area contributed by atoms with Gasteiger partial charge in [-0.3, -0.25) is 4.79 Å². The zero-order chi connectivity index (χ0) is 20.2. The number of hydrogen-bond donors (Lipinski definition) is 1. The van der Waals surface area contributed by atoms with Gasteiger partial charge in [-0.15, -0.1) is 0 Å². The number of carbonyl (C=O) groups excluding carboxylic acids is 1. The summed E-state index contributed by atoms with van der Waals surface area (Å²) in [5.41, 5.74) is 1.28. The Labute approximate surface area is 166 Å². The molecule has 0 aliphatic carbocycles. The van der Waals surface area contributed by atoms with Gasteiger partial charge in [0.2, 0.25) is 5.95 Å². The Morgan fingerprint density at radius 1 is 0.897 bits per heavy atom. The van der Waals surface area contributed by atoms with Gasteiger partial charge in [-0.05, 0) is 42.5 Å². The monoisotopic (exact) mass is 395 g/mol. The van der Waals surface area contributed by atoms with Crippen LogP contribution in [0.5, 0.6) is 0 Å². The summed E-state index contributed by atoms with van der Waals surface area (Å²) in [6, 6.07) is 13.7. The van der Waals surface area contributed by atoms with Crippen molar-refractivity contribution in [1.82, 2.24) is 9.97 Å². The molecule has 1 aromatic heterocycles. The molecule has 0 bridgehead atoms. The van der Waals surface area contributed by atoms with Crippen molar-refractivity contribution in [2.45, 2.75) is 0 Å². The number of hydrogen-bond acceptors (Lipinski definition) is 5. The summed E-state index contributed by atoms with van der Waals surface area (Å²) in [6.07, 6.45) is 1.53. The van der Waals surface area contributed by atoms with Crippen molar-refractivity contribution >= 4 is 23.2 Å². The molecule has 3 aromatic rings. The number of aromatic nitrogens is 2. The predicted octanol–water partition coefficient (Wildman–Crippen LogP) is 3.33. The summed E-state index contributed by atoms with van der Waals surface area (Å²) in [7, 11) is 0. The Morgan fingerprint density at radius 3 is 2.31 bits per heavy atom. The highest BCUT2D eigenvalue weighted by Gasteiger charge is 2.21. The van der Waals surface area contributed by atoms with Gasteiger partial charge >= 0.3 is 0 Å². The van der Waals surface area contributed by atoms with Crippen LogP contribution in [-0.4, -0.2) is 42.1 Å². The van der Waals surface area contributed by atoms with Gasteiger partial charge in [0.1, 0.15) is 17.3 Å². The second-order valence-corrected chi connectivity index (χ2v) is 6.63. The first-order chi connectivity index (χ1) is 14.1. The number of anilines is 3. The van der Waals surface area contributed by atoms with E-state index in [4.69, 9.17) is 0 Å². The van der Waals surface area contributed by atoms with Crippen LogP contribution in [0.2, 0.25) is 0 Å². The molecule has 0 radical (unpaired) electrons. The van der Waals surface area contributed by atoms with Crippen LogP contribution in [0.15, 0.2) is 60.8 Å². The Kier molecular flexibility index (Phi) is 5.33. The van der Waals surface area contributed by atoms with Gasteiger partial charge in [0.15, 0.2) is 0 Å². The minimum absolute atomic E-state index is 0.218. The summed E-state index contributed by atoms with van der Waals surface area (Å²) < 4.78 is 27.0. The Balaban J connectivity index is 1.42. The van der Waals surface area contributed by atoms with Crippen LogP contribution in [-0.2, 0) is 0 Å². The largest absolute Gasteiger partial charge is 0.366 e. The number of nitrogens with one attached hydrogen (secondary N) is 1. The van der Waals surface area contributed by atoms with Crippen LogP contribution in [0, 0.1) is 11.6 Å². The van der Waals surface area contributed by atoms with Crippen molar-refractivity contribution in [2.24, 2.45) is 0 Å². The standard InChI is InChI=1S/C21H19F2N5O/c22-15-5-7-16(8-6-15)25-20(29)18-9-10-24-21(26-18)28-13-11-27(12-14-28)19-4-2-1-3-17(19)23/h1-10H,11-14H2,(H,25,29). The first-order valence-electron chi connectivity index (χ1n) is 9.24. The molecule has 0 saturated carbocycles. The third kappa shape index (κ3) is 4.31. The molecule has 4 rings (SSSR count). The molecule has 2 heterocycles. The topological polar surface area (TPSA) is 61.4 Å². The van der Waals surface area contributed by atoms with E-state index in [9.17, 15) is 13.6 Å². The van der Waals surface area contributed by atoms with E-state index in [1.807, 2.05) is 15.9 Å². The van der Waals surface area contributed by atoms with Crippen molar-refractivity contribution in [2.75, 3.05) is 41.3 Å². The highest BCUT2D eigenvalue weighted by molar-refractivity contribution is 6.02. The lowest BCUT2D eigenvalue weighted by Gasteiger charge is -2.36. The number of para-hydroxylation sites is 1. The maximum absolute atomic E-state index is 14.0. The second kappa shape index (κ2) is 8.22. The summed E-state index contributed by atoms with van der Waals surface area (Å²) in [5, 5.41) is 2.69. The zero-order valence-electron chi connectivity index (χ0n) is 15.6. The molecule has 1 fully saturated rings. The third-order valence-electron chi connectivity index (χ3n) is 4.73. The molecule has 1 aliphatic heterocycles. The molecule has 29 heavy (non-hydrogen) atoms. The lowest BCUT2D eigenvalue weighted by atomic mass is 10.2. The van der Waals surface area contributed by atoms with Gasteiger partial charge < -0.3 is 15.1 Å². The summed E-state index contributed by atoms with van der Waals surface area (Å²) in [6.45, 7) is 2.46. The molecule has 1 saturated heterocycles. The number of halogens is 2. The molecule has 2 aromatic carbocycles. The van der Waals surface area contributed by atoms with Crippen LogP contribution in [0.4, 0.5) is 26.1 Å². The number of amides is 1. The first-order valence-corrected chi connectivity index (χ1v) is 9.24. The van der Waals surface area contributed by atoms with E-state index >= 15 is 0 Å². The summed E-state index contributed by atoms with van der Waals surface area (Å²) in [4.78, 5) is 25.0. The van der Waals surface area contributed by atoms with Crippen LogP contribution in [0.25, 0.3) is 0 Å².